The van der Waals surface area contributed by atoms with E-state index in [1.165, 1.54) is 0 Å². The lowest BCUT2D eigenvalue weighted by molar-refractivity contribution is -0.207. The number of nitrogens with zero attached hydrogens (tertiary/aromatic N) is 1. The molecular weight excluding hydrogens is 275 g/mol. The molecule has 9 heteroatoms. The number of alkyl halides is 1. The Labute approximate surface area is 111 Å². The predicted molar refractivity (Wildman–Crippen MR) is 62.3 cm³/mol. The van der Waals surface area contributed by atoms with Gasteiger partial charge in [-0.15, -0.1) is 6.42 Å². The van der Waals surface area contributed by atoms with Crippen molar-refractivity contribution in [1.29, 1.82) is 0 Å². The van der Waals surface area contributed by atoms with Crippen LogP contribution < -0.4 is 11.2 Å². The first-order valence-electron chi connectivity index (χ1n) is 5.50. The van der Waals surface area contributed by atoms with Gasteiger partial charge in [-0.1, -0.05) is 5.92 Å². The number of terminal acetylenes is 1. The average Bonchev–Trinajstić information content (AvgIpc) is 2.64. The monoisotopic (exact) mass is 286 g/mol. The molecule has 2 rings (SSSR count). The van der Waals surface area contributed by atoms with Crippen molar-refractivity contribution in [2.24, 2.45) is 0 Å². The summed E-state index contributed by atoms with van der Waals surface area (Å²) in [6.45, 7) is -1.22. The van der Waals surface area contributed by atoms with E-state index in [1.54, 1.807) is 0 Å². The largest absolute Gasteiger partial charge is 0.390 e. The van der Waals surface area contributed by atoms with E-state index < -0.39 is 42.1 Å². The molecule has 1 aliphatic heterocycles. The number of aromatic nitrogens is 2. The lowest BCUT2D eigenvalue weighted by atomic mass is 10.1. The fraction of sp³-hybridized carbons (Fsp3) is 0.455. The lowest BCUT2D eigenvalue weighted by Crippen LogP contribution is -2.42. The Kier molecular flexibility index (Phi) is 3.49. The van der Waals surface area contributed by atoms with Crippen LogP contribution in [0.5, 0.6) is 0 Å². The Morgan fingerprint density at radius 2 is 2.20 bits per heavy atom. The van der Waals surface area contributed by atoms with Crippen molar-refractivity contribution in [3.05, 3.63) is 32.6 Å². The van der Waals surface area contributed by atoms with Crippen LogP contribution in [0.15, 0.2) is 15.8 Å². The Morgan fingerprint density at radius 3 is 2.70 bits per heavy atom. The number of aliphatic hydroxyl groups is 3. The molecule has 20 heavy (non-hydrogen) atoms. The maximum absolute atomic E-state index is 13.9. The number of hydrogen-bond donors (Lipinski definition) is 4. The standard InChI is InChI=1S/C11H11FN2O6/c1-2-5-3-14(10(19)13-8(5)18)9-6(16)7(17)11(12,4-15)20-9/h1,3,6-7,9,15-17H,4H2,(H,13,18,19)/t6-,7+,9-,11-/m1/s1. The van der Waals surface area contributed by atoms with Crippen LogP contribution in [-0.4, -0.2) is 49.5 Å². The molecule has 1 aromatic rings. The highest BCUT2D eigenvalue weighted by Crippen LogP contribution is 2.37. The molecule has 1 aromatic heterocycles. The smallest absolute Gasteiger partial charge is 0.330 e. The molecule has 0 aromatic carbocycles. The molecule has 1 fully saturated rings. The van der Waals surface area contributed by atoms with Gasteiger partial charge in [0.25, 0.3) is 11.4 Å². The van der Waals surface area contributed by atoms with Crippen molar-refractivity contribution in [3.63, 3.8) is 0 Å². The summed E-state index contributed by atoms with van der Waals surface area (Å²) in [7, 11) is 0. The van der Waals surface area contributed by atoms with E-state index in [2.05, 4.69) is 4.74 Å². The molecule has 4 N–H and O–H groups in total. The molecule has 0 amide bonds. The van der Waals surface area contributed by atoms with Crippen molar-refractivity contribution >= 4 is 0 Å². The van der Waals surface area contributed by atoms with E-state index in [0.717, 1.165) is 6.20 Å². The van der Waals surface area contributed by atoms with Gasteiger partial charge >= 0.3 is 5.69 Å². The van der Waals surface area contributed by atoms with Crippen LogP contribution in [0.3, 0.4) is 0 Å². The minimum atomic E-state index is -2.92. The fourth-order valence-electron chi connectivity index (χ4n) is 1.88. The number of H-pyrrole nitrogens is 1. The summed E-state index contributed by atoms with van der Waals surface area (Å²) >= 11 is 0. The van der Waals surface area contributed by atoms with Crippen molar-refractivity contribution in [3.8, 4) is 12.3 Å². The zero-order chi connectivity index (χ0) is 15.1. The summed E-state index contributed by atoms with van der Waals surface area (Å²) in [4.78, 5) is 24.8. The first kappa shape index (κ1) is 14.4. The van der Waals surface area contributed by atoms with Gasteiger partial charge < -0.3 is 20.1 Å². The minimum Gasteiger partial charge on any atom is -0.390 e. The van der Waals surface area contributed by atoms with Gasteiger partial charge in [-0.25, -0.2) is 9.18 Å². The molecule has 0 aliphatic carbocycles. The quantitative estimate of drug-likeness (QED) is 0.443. The number of ether oxygens (including phenoxy) is 1. The molecule has 0 saturated carbocycles. The van der Waals surface area contributed by atoms with E-state index in [4.69, 9.17) is 11.5 Å². The molecule has 8 nitrogen and oxygen atoms in total. The summed E-state index contributed by atoms with van der Waals surface area (Å²) in [6.07, 6.45) is 0.415. The zero-order valence-electron chi connectivity index (χ0n) is 9.99. The number of aromatic amines is 1. The third kappa shape index (κ3) is 2.04. The van der Waals surface area contributed by atoms with Crippen LogP contribution in [0.1, 0.15) is 11.8 Å². The van der Waals surface area contributed by atoms with Crippen molar-refractivity contribution in [2.45, 2.75) is 24.3 Å². The molecule has 0 unspecified atom stereocenters. The first-order chi connectivity index (χ1) is 9.34. The van der Waals surface area contributed by atoms with E-state index >= 15 is 0 Å². The first-order valence-corrected chi connectivity index (χ1v) is 5.50. The predicted octanol–water partition coefficient (Wildman–Crippen LogP) is -2.57. The number of aliphatic hydroxyl groups excluding tert-OH is 3. The van der Waals surface area contributed by atoms with Crippen LogP contribution in [0.4, 0.5) is 4.39 Å². The Balaban J connectivity index is 2.51. The lowest BCUT2D eigenvalue weighted by Gasteiger charge is -2.19. The van der Waals surface area contributed by atoms with E-state index in [1.807, 2.05) is 10.9 Å². The van der Waals surface area contributed by atoms with Crippen molar-refractivity contribution in [1.82, 2.24) is 9.55 Å². The highest BCUT2D eigenvalue weighted by Gasteiger charge is 2.55. The fourth-order valence-corrected chi connectivity index (χ4v) is 1.88. The number of rotatable bonds is 2. The van der Waals surface area contributed by atoms with Gasteiger partial charge in [0.2, 0.25) is 0 Å². The molecule has 1 saturated heterocycles. The topological polar surface area (TPSA) is 125 Å². The maximum Gasteiger partial charge on any atom is 0.330 e. The van der Waals surface area contributed by atoms with Gasteiger partial charge in [0, 0.05) is 6.20 Å². The number of hydrogen-bond acceptors (Lipinski definition) is 6. The van der Waals surface area contributed by atoms with Crippen LogP contribution in [-0.2, 0) is 4.74 Å². The molecule has 2 heterocycles. The SMILES string of the molecule is C#Cc1cn([C@@H]2O[C@](F)(CO)[C@@H](O)[C@H]2O)c(=O)[nH]c1=O. The van der Waals surface area contributed by atoms with E-state index in [-0.39, 0.29) is 5.56 Å². The van der Waals surface area contributed by atoms with Gasteiger partial charge in [-0.05, 0) is 0 Å². The summed E-state index contributed by atoms with van der Waals surface area (Å²) in [6, 6.07) is 0. The van der Waals surface area contributed by atoms with Crippen LogP contribution >= 0.6 is 0 Å². The molecular formula is C11H11FN2O6. The Bertz CT molecular complexity index is 677. The molecule has 0 spiro atoms. The van der Waals surface area contributed by atoms with E-state index in [0.29, 0.717) is 4.57 Å². The van der Waals surface area contributed by atoms with Gasteiger partial charge in [0.15, 0.2) is 6.23 Å². The van der Waals surface area contributed by atoms with E-state index in [9.17, 15) is 24.2 Å². The second-order valence-corrected chi connectivity index (χ2v) is 4.24. The van der Waals surface area contributed by atoms with Crippen molar-refractivity contribution < 1.29 is 24.4 Å². The van der Waals surface area contributed by atoms with Gasteiger partial charge in [-0.2, -0.15) is 0 Å². The van der Waals surface area contributed by atoms with Gasteiger partial charge in [-0.3, -0.25) is 14.3 Å². The Morgan fingerprint density at radius 1 is 1.55 bits per heavy atom. The average molecular weight is 286 g/mol. The summed E-state index contributed by atoms with van der Waals surface area (Å²) in [5.41, 5.74) is -2.07. The third-order valence-electron chi connectivity index (χ3n) is 2.99. The second kappa shape index (κ2) is 4.84. The van der Waals surface area contributed by atoms with Gasteiger partial charge in [0.1, 0.15) is 24.4 Å². The number of halogens is 1. The summed E-state index contributed by atoms with van der Waals surface area (Å²) < 4.78 is 19.2. The van der Waals surface area contributed by atoms with Gasteiger partial charge in [0.05, 0.1) is 0 Å². The minimum absolute atomic E-state index is 0.241. The number of nitrogens with one attached hydrogen (secondary N) is 1. The molecule has 108 valence electrons. The highest BCUT2D eigenvalue weighted by molar-refractivity contribution is 5.26. The maximum atomic E-state index is 13.9. The molecule has 1 aliphatic rings. The van der Waals surface area contributed by atoms with Crippen molar-refractivity contribution in [2.75, 3.05) is 6.61 Å². The molecule has 4 atom stereocenters. The molecule has 0 bridgehead atoms. The third-order valence-corrected chi connectivity index (χ3v) is 2.99. The summed E-state index contributed by atoms with van der Waals surface area (Å²) in [5.74, 6) is -0.920. The normalized spacial score (nSPS) is 33.0. The van der Waals surface area contributed by atoms with Crippen LogP contribution in [0.25, 0.3) is 0 Å². The molecule has 0 radical (unpaired) electrons. The van der Waals surface area contributed by atoms with Crippen LogP contribution in [0, 0.1) is 12.3 Å². The Hall–Kier alpha value is -1.99. The highest BCUT2D eigenvalue weighted by atomic mass is 19.2. The second-order valence-electron chi connectivity index (χ2n) is 4.24. The van der Waals surface area contributed by atoms with Crippen LogP contribution in [0.2, 0.25) is 0 Å². The zero-order valence-corrected chi connectivity index (χ0v) is 9.99. The summed E-state index contributed by atoms with van der Waals surface area (Å²) in [5, 5.41) is 28.0.